The maximum Gasteiger partial charge on any atom is 0.196 e. The summed E-state index contributed by atoms with van der Waals surface area (Å²) in [6, 6.07) is 7.41. The minimum Gasteiger partial charge on any atom is -0.399 e. The van der Waals surface area contributed by atoms with Crippen LogP contribution in [0.1, 0.15) is 5.82 Å². The molecule has 0 amide bonds. The van der Waals surface area contributed by atoms with Crippen LogP contribution in [0.3, 0.4) is 0 Å². The van der Waals surface area contributed by atoms with Crippen molar-refractivity contribution < 1.29 is 0 Å². The van der Waals surface area contributed by atoms with Gasteiger partial charge in [-0.05, 0) is 29.5 Å². The van der Waals surface area contributed by atoms with Crippen LogP contribution >= 0.6 is 0 Å². The Morgan fingerprint density at radius 2 is 1.95 bits per heavy atom. The molecule has 0 bridgehead atoms. The number of aromatic nitrogens is 7. The van der Waals surface area contributed by atoms with E-state index in [1.807, 2.05) is 24.3 Å². The molecule has 0 aliphatic heterocycles. The van der Waals surface area contributed by atoms with Crippen molar-refractivity contribution in [2.24, 2.45) is 7.05 Å². The van der Waals surface area contributed by atoms with Crippen LogP contribution in [-0.2, 0) is 13.6 Å². The van der Waals surface area contributed by atoms with Crippen molar-refractivity contribution in [1.82, 2.24) is 35.0 Å². The van der Waals surface area contributed by atoms with Crippen LogP contribution in [0.5, 0.6) is 0 Å². The molecule has 0 fully saturated rings. The topological polar surface area (TPSA) is 100 Å². The number of tetrazole rings is 1. The van der Waals surface area contributed by atoms with Gasteiger partial charge < -0.3 is 5.73 Å². The highest BCUT2D eigenvalue weighted by Gasteiger charge is 2.06. The fourth-order valence-electron chi connectivity index (χ4n) is 1.67. The third-order valence-electron chi connectivity index (χ3n) is 2.56. The predicted octanol–water partition coefficient (Wildman–Crippen LogP) is 0.0991. The first kappa shape index (κ1) is 11.3. The minimum absolute atomic E-state index is 0.440. The summed E-state index contributed by atoms with van der Waals surface area (Å²) in [4.78, 5) is 5.66. The van der Waals surface area contributed by atoms with Crippen LogP contribution < -0.4 is 5.73 Å². The van der Waals surface area contributed by atoms with Gasteiger partial charge in [-0.15, -0.1) is 10.2 Å². The van der Waals surface area contributed by atoms with Gasteiger partial charge in [0, 0.05) is 11.3 Å². The van der Waals surface area contributed by atoms with Gasteiger partial charge in [-0.1, -0.05) is 0 Å². The van der Waals surface area contributed by atoms with E-state index in [0.29, 0.717) is 23.9 Å². The third kappa shape index (κ3) is 2.41. The highest BCUT2D eigenvalue weighted by Crippen LogP contribution is 2.15. The highest BCUT2D eigenvalue weighted by atomic mass is 15.6. The molecule has 0 radical (unpaired) electrons. The maximum absolute atomic E-state index is 5.64. The molecule has 0 spiro atoms. The van der Waals surface area contributed by atoms with E-state index in [0.717, 1.165) is 5.56 Å². The van der Waals surface area contributed by atoms with Crippen LogP contribution in [0.25, 0.3) is 11.4 Å². The third-order valence-corrected chi connectivity index (χ3v) is 2.56. The fraction of sp³-hybridized carbons (Fsp3) is 0.182. The Morgan fingerprint density at radius 3 is 2.63 bits per heavy atom. The lowest BCUT2D eigenvalue weighted by atomic mass is 10.2. The first-order valence-corrected chi connectivity index (χ1v) is 5.69. The van der Waals surface area contributed by atoms with E-state index < -0.39 is 0 Å². The van der Waals surface area contributed by atoms with Gasteiger partial charge in [0.2, 0.25) is 0 Å². The van der Waals surface area contributed by atoms with Gasteiger partial charge in [0.1, 0.15) is 12.9 Å². The first-order valence-electron chi connectivity index (χ1n) is 5.69. The summed E-state index contributed by atoms with van der Waals surface area (Å²) in [5.74, 6) is 1.24. The smallest absolute Gasteiger partial charge is 0.196 e. The van der Waals surface area contributed by atoms with Crippen molar-refractivity contribution in [2.75, 3.05) is 5.73 Å². The molecule has 0 saturated heterocycles. The molecule has 0 atom stereocenters. The molecule has 0 aliphatic rings. The Morgan fingerprint density at radius 1 is 1.16 bits per heavy atom. The molecule has 0 saturated carbocycles. The number of nitrogens with two attached hydrogens (primary N) is 1. The van der Waals surface area contributed by atoms with Gasteiger partial charge >= 0.3 is 0 Å². The van der Waals surface area contributed by atoms with Gasteiger partial charge in [-0.2, -0.15) is 9.90 Å². The van der Waals surface area contributed by atoms with Crippen LogP contribution in [0.4, 0.5) is 5.69 Å². The Labute approximate surface area is 108 Å². The zero-order valence-corrected chi connectivity index (χ0v) is 10.3. The number of nitrogens with zero attached hydrogens (tertiary/aromatic N) is 7. The van der Waals surface area contributed by atoms with Crippen molar-refractivity contribution in [3.05, 3.63) is 36.4 Å². The van der Waals surface area contributed by atoms with Crippen LogP contribution in [0.2, 0.25) is 0 Å². The van der Waals surface area contributed by atoms with Crippen molar-refractivity contribution in [3.63, 3.8) is 0 Å². The number of hydrogen-bond acceptors (Lipinski definition) is 6. The zero-order valence-electron chi connectivity index (χ0n) is 10.3. The van der Waals surface area contributed by atoms with Crippen LogP contribution in [-0.4, -0.2) is 35.0 Å². The molecule has 3 aromatic rings. The molecule has 8 heteroatoms. The number of aryl methyl sites for hydroxylation is 1. The average molecular weight is 256 g/mol. The molecular weight excluding hydrogens is 244 g/mol. The van der Waals surface area contributed by atoms with E-state index in [2.05, 4.69) is 25.5 Å². The molecule has 19 heavy (non-hydrogen) atoms. The van der Waals surface area contributed by atoms with Crippen LogP contribution in [0.15, 0.2) is 30.6 Å². The van der Waals surface area contributed by atoms with Gasteiger partial charge in [-0.3, -0.25) is 0 Å². The van der Waals surface area contributed by atoms with Gasteiger partial charge in [0.05, 0.1) is 7.05 Å². The molecule has 2 heterocycles. The van der Waals surface area contributed by atoms with Crippen molar-refractivity contribution >= 4 is 5.69 Å². The zero-order chi connectivity index (χ0) is 13.2. The van der Waals surface area contributed by atoms with Crippen molar-refractivity contribution in [1.29, 1.82) is 0 Å². The van der Waals surface area contributed by atoms with Crippen molar-refractivity contribution in [3.8, 4) is 11.4 Å². The van der Waals surface area contributed by atoms with E-state index in [1.54, 1.807) is 18.1 Å². The Bertz CT molecular complexity index is 681. The standard InChI is InChI=1S/C11H12N8/c1-18-15-10(14-17-18)6-19-7-13-11(16-19)8-2-4-9(12)5-3-8/h2-5,7H,6,12H2,1H3. The number of anilines is 1. The summed E-state index contributed by atoms with van der Waals surface area (Å²) in [6.45, 7) is 0.440. The molecule has 0 unspecified atom stereocenters. The first-order chi connectivity index (χ1) is 9.20. The fourth-order valence-corrected chi connectivity index (χ4v) is 1.67. The second-order valence-corrected chi connectivity index (χ2v) is 4.08. The van der Waals surface area contributed by atoms with Gasteiger partial charge in [0.25, 0.3) is 0 Å². The van der Waals surface area contributed by atoms with E-state index in [9.17, 15) is 0 Å². The van der Waals surface area contributed by atoms with E-state index in [1.165, 1.54) is 4.80 Å². The monoisotopic (exact) mass is 256 g/mol. The SMILES string of the molecule is Cn1nnc(Cn2cnc(-c3ccc(N)cc3)n2)n1. The quantitative estimate of drug-likeness (QED) is 0.667. The Kier molecular flexibility index (Phi) is 2.67. The number of benzene rings is 1. The van der Waals surface area contributed by atoms with Crippen molar-refractivity contribution in [2.45, 2.75) is 6.54 Å². The molecule has 0 aliphatic carbocycles. The Hall–Kier alpha value is -2.77. The van der Waals surface area contributed by atoms with E-state index in [4.69, 9.17) is 5.73 Å². The molecule has 2 aromatic heterocycles. The largest absolute Gasteiger partial charge is 0.399 e. The second kappa shape index (κ2) is 4.48. The summed E-state index contributed by atoms with van der Waals surface area (Å²) < 4.78 is 1.67. The van der Waals surface area contributed by atoms with E-state index >= 15 is 0 Å². The average Bonchev–Trinajstić information content (AvgIpc) is 3.00. The van der Waals surface area contributed by atoms with Gasteiger partial charge in [0.15, 0.2) is 11.6 Å². The molecule has 3 rings (SSSR count). The number of nitrogen functional groups attached to an aromatic ring is 1. The molecule has 1 aromatic carbocycles. The summed E-state index contributed by atoms with van der Waals surface area (Å²) in [7, 11) is 1.72. The maximum atomic E-state index is 5.64. The summed E-state index contributed by atoms with van der Waals surface area (Å²) >= 11 is 0. The molecule has 2 N–H and O–H groups in total. The lowest BCUT2D eigenvalue weighted by molar-refractivity contribution is 0.617. The highest BCUT2D eigenvalue weighted by molar-refractivity contribution is 5.57. The summed E-state index contributed by atoms with van der Waals surface area (Å²) in [5.41, 5.74) is 7.27. The lowest BCUT2D eigenvalue weighted by Crippen LogP contribution is -2.03. The van der Waals surface area contributed by atoms with Crippen LogP contribution in [0, 0.1) is 0 Å². The summed E-state index contributed by atoms with van der Waals surface area (Å²) in [5, 5.41) is 16.1. The molecule has 8 nitrogen and oxygen atoms in total. The Balaban J connectivity index is 1.81. The number of hydrogen-bond donors (Lipinski definition) is 1. The summed E-state index contributed by atoms with van der Waals surface area (Å²) in [6.07, 6.45) is 1.64. The van der Waals surface area contributed by atoms with E-state index in [-0.39, 0.29) is 0 Å². The molecular formula is C11H12N8. The normalized spacial score (nSPS) is 10.8. The predicted molar refractivity (Wildman–Crippen MR) is 67.8 cm³/mol. The minimum atomic E-state index is 0.440. The lowest BCUT2D eigenvalue weighted by Gasteiger charge is -1.96. The molecule has 96 valence electrons. The van der Waals surface area contributed by atoms with Gasteiger partial charge in [-0.25, -0.2) is 9.67 Å². The number of rotatable bonds is 3. The second-order valence-electron chi connectivity index (χ2n) is 4.08.